The van der Waals surface area contributed by atoms with Gasteiger partial charge in [0.1, 0.15) is 17.2 Å². The lowest BCUT2D eigenvalue weighted by atomic mass is 9.93. The molecule has 3 aromatic carbocycles. The average molecular weight is 486 g/mol. The number of fused-ring (bicyclic) bond motifs is 1. The summed E-state index contributed by atoms with van der Waals surface area (Å²) in [5.74, 6) is -1.42. The Hall–Kier alpha value is -4.72. The number of rotatable bonds is 7. The van der Waals surface area contributed by atoms with Crippen LogP contribution >= 0.6 is 0 Å². The van der Waals surface area contributed by atoms with Gasteiger partial charge >= 0.3 is 0 Å². The van der Waals surface area contributed by atoms with E-state index < -0.39 is 17.6 Å². The van der Waals surface area contributed by atoms with E-state index in [-0.39, 0.29) is 23.7 Å². The van der Waals surface area contributed by atoms with Gasteiger partial charge in [-0.05, 0) is 72.1 Å². The molecule has 36 heavy (non-hydrogen) atoms. The van der Waals surface area contributed by atoms with E-state index in [1.807, 2.05) is 0 Å². The van der Waals surface area contributed by atoms with Crippen molar-refractivity contribution in [2.24, 2.45) is 5.73 Å². The summed E-state index contributed by atoms with van der Waals surface area (Å²) in [6, 6.07) is 15.9. The van der Waals surface area contributed by atoms with E-state index in [2.05, 4.69) is 17.2 Å². The Morgan fingerprint density at radius 2 is 1.72 bits per heavy atom. The zero-order valence-electron chi connectivity index (χ0n) is 19.8. The molecule has 1 heterocycles. The first-order valence-electron chi connectivity index (χ1n) is 11.1. The van der Waals surface area contributed by atoms with E-state index in [1.165, 1.54) is 31.3 Å². The molecule has 0 aliphatic carbocycles. The first-order valence-corrected chi connectivity index (χ1v) is 11.1. The summed E-state index contributed by atoms with van der Waals surface area (Å²) in [7, 11) is 1.50. The van der Waals surface area contributed by atoms with Crippen LogP contribution in [0.15, 0.2) is 77.4 Å². The van der Waals surface area contributed by atoms with Gasteiger partial charge in [0.25, 0.3) is 11.8 Å². The molecular weight excluding hydrogens is 461 g/mol. The van der Waals surface area contributed by atoms with Crippen LogP contribution in [0.5, 0.6) is 0 Å². The predicted octanol–water partition coefficient (Wildman–Crippen LogP) is 4.56. The monoisotopic (exact) mass is 485 g/mol. The maximum Gasteiger partial charge on any atom is 0.255 e. The van der Waals surface area contributed by atoms with Crippen LogP contribution in [0.2, 0.25) is 0 Å². The number of furan rings is 1. The Labute approximate surface area is 206 Å². The molecule has 1 aromatic heterocycles. The first kappa shape index (κ1) is 24.4. The lowest BCUT2D eigenvalue weighted by Crippen LogP contribution is -2.20. The van der Waals surface area contributed by atoms with Gasteiger partial charge in [0.15, 0.2) is 0 Å². The Morgan fingerprint density at radius 3 is 2.36 bits per heavy atom. The molecule has 0 fully saturated rings. The molecule has 0 atom stereocenters. The summed E-state index contributed by atoms with van der Waals surface area (Å²) >= 11 is 0. The number of carbonyl (C=O) groups excluding carboxylic acids is 3. The molecule has 7 nitrogen and oxygen atoms in total. The highest BCUT2D eigenvalue weighted by Gasteiger charge is 2.24. The molecule has 4 rings (SSSR count). The molecule has 4 aromatic rings. The van der Waals surface area contributed by atoms with Crippen molar-refractivity contribution in [3.63, 3.8) is 0 Å². The van der Waals surface area contributed by atoms with Crippen LogP contribution in [0.25, 0.3) is 33.4 Å². The molecule has 0 saturated heterocycles. The maximum absolute atomic E-state index is 13.5. The molecule has 182 valence electrons. The van der Waals surface area contributed by atoms with Crippen LogP contribution in [-0.4, -0.2) is 24.8 Å². The topological polar surface area (TPSA) is 114 Å². The summed E-state index contributed by atoms with van der Waals surface area (Å²) in [5.41, 5.74) is 9.39. The molecule has 8 heteroatoms. The molecule has 0 saturated carbocycles. The SMILES string of the molecule is C=C(C)NC(=O)c1cccc(-c2cc3c(C(=O)NC)c(-c4ccc(F)cc4)oc3cc2CC(N)=O)c1. The molecule has 0 radical (unpaired) electrons. The van der Waals surface area contributed by atoms with Crippen LogP contribution in [0.1, 0.15) is 33.2 Å². The van der Waals surface area contributed by atoms with Gasteiger partial charge in [0.2, 0.25) is 5.91 Å². The molecule has 0 bridgehead atoms. The van der Waals surface area contributed by atoms with Crippen LogP contribution < -0.4 is 16.4 Å². The molecular formula is C28H24FN3O4. The molecule has 0 aliphatic rings. The summed E-state index contributed by atoms with van der Waals surface area (Å²) in [6.07, 6.45) is -0.0879. The normalized spacial score (nSPS) is 10.8. The van der Waals surface area contributed by atoms with E-state index in [1.54, 1.807) is 43.3 Å². The lowest BCUT2D eigenvalue weighted by molar-refractivity contribution is -0.117. The second-order valence-electron chi connectivity index (χ2n) is 8.36. The van der Waals surface area contributed by atoms with Crippen LogP contribution in [0.3, 0.4) is 0 Å². The Morgan fingerprint density at radius 1 is 1.00 bits per heavy atom. The lowest BCUT2D eigenvalue weighted by Gasteiger charge is -2.11. The third-order valence-corrected chi connectivity index (χ3v) is 5.60. The van der Waals surface area contributed by atoms with Gasteiger partial charge in [-0.1, -0.05) is 18.7 Å². The van der Waals surface area contributed by atoms with Crippen LogP contribution in [0.4, 0.5) is 4.39 Å². The number of allylic oxidation sites excluding steroid dienone is 1. The van der Waals surface area contributed by atoms with Crippen molar-refractivity contribution in [3.05, 3.63) is 95.4 Å². The Balaban J connectivity index is 1.96. The van der Waals surface area contributed by atoms with Crippen LogP contribution in [0, 0.1) is 5.82 Å². The van der Waals surface area contributed by atoms with Gasteiger partial charge in [-0.15, -0.1) is 0 Å². The quantitative estimate of drug-likeness (QED) is 0.356. The van der Waals surface area contributed by atoms with Crippen molar-refractivity contribution in [1.82, 2.24) is 10.6 Å². The number of benzene rings is 3. The van der Waals surface area contributed by atoms with E-state index >= 15 is 0 Å². The standard InChI is InChI=1S/C28H24FN3O4/c1-15(2)32-27(34)18-6-4-5-17(11-18)21-14-22-23(12-19(21)13-24(30)33)36-26(25(22)28(35)31-3)16-7-9-20(29)10-8-16/h4-12,14H,1,13H2,2-3H3,(H2,30,33)(H,31,35)(H,32,34). The number of amides is 3. The number of hydrogen-bond donors (Lipinski definition) is 3. The van der Waals surface area contributed by atoms with Gasteiger partial charge in [-0.3, -0.25) is 14.4 Å². The van der Waals surface area contributed by atoms with Gasteiger partial charge < -0.3 is 20.8 Å². The summed E-state index contributed by atoms with van der Waals surface area (Å²) in [4.78, 5) is 37.3. The zero-order chi connectivity index (χ0) is 26.0. The molecule has 0 unspecified atom stereocenters. The van der Waals surface area contributed by atoms with Gasteiger partial charge in [-0.2, -0.15) is 0 Å². The number of nitrogens with two attached hydrogens (primary N) is 1. The Bertz CT molecular complexity index is 1520. The van der Waals surface area contributed by atoms with Crippen molar-refractivity contribution in [3.8, 4) is 22.5 Å². The average Bonchev–Trinajstić information content (AvgIpc) is 3.21. The fraction of sp³-hybridized carbons (Fsp3) is 0.107. The minimum atomic E-state index is -0.552. The molecule has 3 amide bonds. The second-order valence-corrected chi connectivity index (χ2v) is 8.36. The minimum absolute atomic E-state index is 0.0879. The largest absolute Gasteiger partial charge is 0.455 e. The molecule has 0 aliphatic heterocycles. The van der Waals surface area contributed by atoms with Crippen molar-refractivity contribution in [2.75, 3.05) is 7.05 Å². The molecule has 0 spiro atoms. The summed E-state index contributed by atoms with van der Waals surface area (Å²) in [5, 5.41) is 5.78. The third-order valence-electron chi connectivity index (χ3n) is 5.60. The minimum Gasteiger partial charge on any atom is -0.455 e. The van der Waals surface area contributed by atoms with Crippen molar-refractivity contribution in [1.29, 1.82) is 0 Å². The summed E-state index contributed by atoms with van der Waals surface area (Å²) < 4.78 is 19.6. The smallest absolute Gasteiger partial charge is 0.255 e. The first-order chi connectivity index (χ1) is 17.2. The van der Waals surface area contributed by atoms with Gasteiger partial charge in [-0.25, -0.2) is 4.39 Å². The number of nitrogens with one attached hydrogen (secondary N) is 2. The van der Waals surface area contributed by atoms with E-state index in [0.29, 0.717) is 44.5 Å². The van der Waals surface area contributed by atoms with Crippen molar-refractivity contribution < 1.29 is 23.2 Å². The second kappa shape index (κ2) is 9.87. The van der Waals surface area contributed by atoms with Gasteiger partial charge in [0, 0.05) is 29.3 Å². The fourth-order valence-corrected chi connectivity index (χ4v) is 4.04. The number of halogens is 1. The van der Waals surface area contributed by atoms with Crippen molar-refractivity contribution in [2.45, 2.75) is 13.3 Å². The predicted molar refractivity (Wildman–Crippen MR) is 136 cm³/mol. The number of primary amides is 1. The van der Waals surface area contributed by atoms with Gasteiger partial charge in [0.05, 0.1) is 12.0 Å². The Kier molecular flexibility index (Phi) is 6.69. The fourth-order valence-electron chi connectivity index (χ4n) is 4.04. The molecule has 4 N–H and O–H groups in total. The third kappa shape index (κ3) is 4.88. The highest BCUT2D eigenvalue weighted by Crippen LogP contribution is 2.38. The highest BCUT2D eigenvalue weighted by atomic mass is 19.1. The number of hydrogen-bond acceptors (Lipinski definition) is 4. The zero-order valence-corrected chi connectivity index (χ0v) is 19.8. The van der Waals surface area contributed by atoms with E-state index in [9.17, 15) is 18.8 Å². The maximum atomic E-state index is 13.5. The van der Waals surface area contributed by atoms with Crippen molar-refractivity contribution >= 4 is 28.7 Å². The number of carbonyl (C=O) groups is 3. The highest BCUT2D eigenvalue weighted by molar-refractivity contribution is 6.12. The van der Waals surface area contributed by atoms with E-state index in [4.69, 9.17) is 10.2 Å². The summed E-state index contributed by atoms with van der Waals surface area (Å²) in [6.45, 7) is 5.38. The van der Waals surface area contributed by atoms with Crippen LogP contribution in [-0.2, 0) is 11.2 Å². The van der Waals surface area contributed by atoms with E-state index in [0.717, 1.165) is 0 Å².